The summed E-state index contributed by atoms with van der Waals surface area (Å²) in [7, 11) is 0. The molecule has 0 aliphatic rings. The number of rotatable bonds is 2. The lowest BCUT2D eigenvalue weighted by molar-refractivity contribution is 0.322. The van der Waals surface area contributed by atoms with E-state index in [-0.39, 0.29) is 10.9 Å². The molecule has 1 aromatic carbocycles. The molecule has 0 spiro atoms. The van der Waals surface area contributed by atoms with E-state index in [1.165, 1.54) is 18.5 Å². The first kappa shape index (κ1) is 10.1. The maximum Gasteiger partial charge on any atom is 0.165 e. The first-order valence-electron chi connectivity index (χ1n) is 4.45. The minimum absolute atomic E-state index is 0.180. The number of fused-ring (bicyclic) bond motifs is 1. The molecule has 0 saturated heterocycles. The number of nitrogens with zero attached hydrogens (tertiary/aromatic N) is 2. The van der Waals surface area contributed by atoms with Crippen molar-refractivity contribution >= 4 is 22.5 Å². The van der Waals surface area contributed by atoms with Crippen LogP contribution in [0.5, 0.6) is 5.75 Å². The number of benzene rings is 1. The van der Waals surface area contributed by atoms with Crippen LogP contribution in [0.25, 0.3) is 10.9 Å². The molecule has 0 saturated carbocycles. The Kier molecular flexibility index (Phi) is 2.68. The van der Waals surface area contributed by atoms with Crippen LogP contribution in [0.2, 0.25) is 5.15 Å². The zero-order valence-corrected chi connectivity index (χ0v) is 8.75. The highest BCUT2D eigenvalue weighted by atomic mass is 35.5. The van der Waals surface area contributed by atoms with Gasteiger partial charge in [-0.1, -0.05) is 11.6 Å². The van der Waals surface area contributed by atoms with Crippen molar-refractivity contribution in [2.45, 2.75) is 6.92 Å². The quantitative estimate of drug-likeness (QED) is 0.739. The zero-order valence-electron chi connectivity index (χ0n) is 8.00. The molecule has 1 heterocycles. The van der Waals surface area contributed by atoms with Crippen LogP contribution in [0.3, 0.4) is 0 Å². The van der Waals surface area contributed by atoms with E-state index in [2.05, 4.69) is 9.97 Å². The van der Waals surface area contributed by atoms with Crippen molar-refractivity contribution in [3.05, 3.63) is 29.4 Å². The molecule has 3 nitrogen and oxygen atoms in total. The van der Waals surface area contributed by atoms with Crippen molar-refractivity contribution < 1.29 is 9.13 Å². The van der Waals surface area contributed by atoms with Crippen LogP contribution in [0, 0.1) is 5.82 Å². The minimum Gasteiger partial charge on any atom is -0.491 e. The number of halogens is 2. The molecule has 2 rings (SSSR count). The monoisotopic (exact) mass is 226 g/mol. The summed E-state index contributed by atoms with van der Waals surface area (Å²) in [6.45, 7) is 2.19. The van der Waals surface area contributed by atoms with E-state index in [0.717, 1.165) is 0 Å². The minimum atomic E-state index is -0.457. The lowest BCUT2D eigenvalue weighted by Crippen LogP contribution is -1.95. The molecule has 0 aliphatic carbocycles. The molecule has 2 aromatic rings. The highest BCUT2D eigenvalue weighted by Gasteiger charge is 2.08. The number of ether oxygens (including phenoxy) is 1. The molecule has 0 N–H and O–H groups in total. The third-order valence-electron chi connectivity index (χ3n) is 1.94. The largest absolute Gasteiger partial charge is 0.491 e. The lowest BCUT2D eigenvalue weighted by Gasteiger charge is -2.06. The van der Waals surface area contributed by atoms with Gasteiger partial charge in [-0.3, -0.25) is 0 Å². The molecule has 0 fully saturated rings. The molecule has 0 atom stereocenters. The molecule has 5 heteroatoms. The van der Waals surface area contributed by atoms with Gasteiger partial charge in [0.2, 0.25) is 0 Å². The predicted molar refractivity (Wildman–Crippen MR) is 55.7 cm³/mol. The van der Waals surface area contributed by atoms with Crippen molar-refractivity contribution in [2.24, 2.45) is 0 Å². The van der Waals surface area contributed by atoms with Gasteiger partial charge in [-0.25, -0.2) is 14.4 Å². The van der Waals surface area contributed by atoms with E-state index in [1.807, 2.05) is 0 Å². The Morgan fingerprint density at radius 3 is 2.93 bits per heavy atom. The fraction of sp³-hybridized carbons (Fsp3) is 0.200. The van der Waals surface area contributed by atoms with Gasteiger partial charge in [0.15, 0.2) is 11.6 Å². The van der Waals surface area contributed by atoms with Gasteiger partial charge in [0.05, 0.1) is 12.1 Å². The summed E-state index contributed by atoms with van der Waals surface area (Å²) in [6, 6.07) is 2.80. The molecule has 1 aromatic heterocycles. The summed E-state index contributed by atoms with van der Waals surface area (Å²) in [5.74, 6) is -0.277. The summed E-state index contributed by atoms with van der Waals surface area (Å²) >= 11 is 5.80. The molecule has 0 bridgehead atoms. The third-order valence-corrected chi connectivity index (χ3v) is 2.24. The highest BCUT2D eigenvalue weighted by molar-refractivity contribution is 6.34. The summed E-state index contributed by atoms with van der Waals surface area (Å²) in [4.78, 5) is 7.75. The first-order valence-corrected chi connectivity index (χ1v) is 4.82. The van der Waals surface area contributed by atoms with Crippen molar-refractivity contribution in [1.29, 1.82) is 0 Å². The average Bonchev–Trinajstić information content (AvgIpc) is 2.21. The summed E-state index contributed by atoms with van der Waals surface area (Å²) in [5, 5.41) is 0.724. The maximum absolute atomic E-state index is 13.4. The molecular weight excluding hydrogens is 219 g/mol. The molecule has 0 radical (unpaired) electrons. The Labute approximate surface area is 90.9 Å². The lowest BCUT2D eigenvalue weighted by atomic mass is 10.2. The van der Waals surface area contributed by atoms with E-state index in [0.29, 0.717) is 17.5 Å². The second kappa shape index (κ2) is 3.98. The molecular formula is C10H8ClFN2O. The van der Waals surface area contributed by atoms with Crippen LogP contribution in [0.4, 0.5) is 4.39 Å². The van der Waals surface area contributed by atoms with Gasteiger partial charge in [0.1, 0.15) is 11.5 Å². The Balaban J connectivity index is 2.65. The standard InChI is InChI=1S/C10H8ClFN2O/c1-2-15-9-4-8-6(3-7(9)12)10(11)14-5-13-8/h3-5H,2H2,1H3. The van der Waals surface area contributed by atoms with Gasteiger partial charge < -0.3 is 4.74 Å². The van der Waals surface area contributed by atoms with Crippen LogP contribution < -0.4 is 4.74 Å². The maximum atomic E-state index is 13.4. The second-order valence-electron chi connectivity index (χ2n) is 2.90. The molecule has 0 amide bonds. The summed E-state index contributed by atoms with van der Waals surface area (Å²) < 4.78 is 18.6. The summed E-state index contributed by atoms with van der Waals surface area (Å²) in [5.41, 5.74) is 0.569. The van der Waals surface area contributed by atoms with Gasteiger partial charge in [0, 0.05) is 11.5 Å². The van der Waals surface area contributed by atoms with E-state index in [9.17, 15) is 4.39 Å². The molecule has 15 heavy (non-hydrogen) atoms. The molecule has 0 aliphatic heterocycles. The Hall–Kier alpha value is -1.42. The van der Waals surface area contributed by atoms with Crippen molar-refractivity contribution in [2.75, 3.05) is 6.61 Å². The van der Waals surface area contributed by atoms with Gasteiger partial charge >= 0.3 is 0 Å². The molecule has 0 unspecified atom stereocenters. The van der Waals surface area contributed by atoms with Gasteiger partial charge in [-0.05, 0) is 13.0 Å². The Morgan fingerprint density at radius 2 is 2.20 bits per heavy atom. The van der Waals surface area contributed by atoms with Gasteiger partial charge in [-0.2, -0.15) is 0 Å². The number of hydrogen-bond acceptors (Lipinski definition) is 3. The molecule has 78 valence electrons. The van der Waals surface area contributed by atoms with Crippen molar-refractivity contribution in [3.63, 3.8) is 0 Å². The number of hydrogen-bond donors (Lipinski definition) is 0. The third kappa shape index (κ3) is 1.85. The van der Waals surface area contributed by atoms with Crippen LogP contribution in [0.15, 0.2) is 18.5 Å². The fourth-order valence-electron chi connectivity index (χ4n) is 1.29. The Bertz CT molecular complexity index is 504. The first-order chi connectivity index (χ1) is 7.22. The average molecular weight is 227 g/mol. The van der Waals surface area contributed by atoms with Crippen molar-refractivity contribution in [3.8, 4) is 5.75 Å². The van der Waals surface area contributed by atoms with Crippen molar-refractivity contribution in [1.82, 2.24) is 9.97 Å². The fourth-order valence-corrected chi connectivity index (χ4v) is 1.49. The van der Waals surface area contributed by atoms with E-state index >= 15 is 0 Å². The van der Waals surface area contributed by atoms with Crippen LogP contribution in [-0.4, -0.2) is 16.6 Å². The normalized spacial score (nSPS) is 10.6. The van der Waals surface area contributed by atoms with E-state index < -0.39 is 5.82 Å². The van der Waals surface area contributed by atoms with Gasteiger partial charge in [-0.15, -0.1) is 0 Å². The number of aromatic nitrogens is 2. The zero-order chi connectivity index (χ0) is 10.8. The smallest absolute Gasteiger partial charge is 0.165 e. The van der Waals surface area contributed by atoms with Gasteiger partial charge in [0.25, 0.3) is 0 Å². The second-order valence-corrected chi connectivity index (χ2v) is 3.26. The van der Waals surface area contributed by atoms with Crippen LogP contribution in [-0.2, 0) is 0 Å². The Morgan fingerprint density at radius 1 is 1.40 bits per heavy atom. The summed E-state index contributed by atoms with van der Waals surface area (Å²) in [6.07, 6.45) is 1.33. The SMILES string of the molecule is CCOc1cc2ncnc(Cl)c2cc1F. The van der Waals surface area contributed by atoms with E-state index in [4.69, 9.17) is 16.3 Å². The highest BCUT2D eigenvalue weighted by Crippen LogP contribution is 2.26. The van der Waals surface area contributed by atoms with E-state index in [1.54, 1.807) is 6.92 Å². The van der Waals surface area contributed by atoms with Crippen LogP contribution >= 0.6 is 11.6 Å². The van der Waals surface area contributed by atoms with Crippen LogP contribution in [0.1, 0.15) is 6.92 Å². The topological polar surface area (TPSA) is 35.0 Å². The predicted octanol–water partition coefficient (Wildman–Crippen LogP) is 2.82.